The molecule has 0 saturated carbocycles. The standard InChI is InChI=1S/C42H72N12O10/c43-19-5-1-10-30(50-36(57)26-48-35(56)25-49-37(58)29-14-9-23-47-29)38(59)51-31(11-2-6-20-44)39(60)52-32(12-3-7-21-45)40(61)54-34(24-27-15-17-28(55)18-16-27)41(62)53-33(42(63)64)13-4-8-22-46/h15-18,29-34,47,55H,1-14,19-26,43-46H2,(H,48,56)(H,49,58)(H,50,57)(H,51,59)(H,52,60)(H,53,62)(H,54,61)(H,63,64). The Bertz CT molecular complexity index is 1630. The minimum Gasteiger partial charge on any atom is -0.508 e. The van der Waals surface area contributed by atoms with Gasteiger partial charge in [0.05, 0.1) is 19.1 Å². The van der Waals surface area contributed by atoms with Crippen LogP contribution in [0.3, 0.4) is 0 Å². The molecule has 22 heteroatoms. The fourth-order valence-electron chi connectivity index (χ4n) is 6.89. The number of carboxylic acid groups (broad SMARTS) is 1. The van der Waals surface area contributed by atoms with Crippen LogP contribution < -0.4 is 65.5 Å². The third-order valence-corrected chi connectivity index (χ3v) is 10.6. The minimum atomic E-state index is -1.31. The van der Waals surface area contributed by atoms with Gasteiger partial charge in [0, 0.05) is 6.42 Å². The van der Waals surface area contributed by atoms with Crippen LogP contribution in [0, 0.1) is 0 Å². The first-order valence-electron chi connectivity index (χ1n) is 22.3. The lowest BCUT2D eigenvalue weighted by molar-refractivity contribution is -0.142. The number of carbonyl (C=O) groups excluding carboxylic acids is 7. The molecule has 64 heavy (non-hydrogen) atoms. The van der Waals surface area contributed by atoms with Crippen LogP contribution >= 0.6 is 0 Å². The number of aromatic hydroxyl groups is 1. The lowest BCUT2D eigenvalue weighted by Crippen LogP contribution is -2.59. The molecule has 1 heterocycles. The van der Waals surface area contributed by atoms with Gasteiger partial charge in [-0.05, 0) is 140 Å². The number of amides is 7. The van der Waals surface area contributed by atoms with Crippen LogP contribution in [0.25, 0.3) is 0 Å². The molecule has 0 radical (unpaired) electrons. The van der Waals surface area contributed by atoms with Gasteiger partial charge in [0.1, 0.15) is 36.0 Å². The van der Waals surface area contributed by atoms with Crippen molar-refractivity contribution in [1.82, 2.24) is 42.5 Å². The van der Waals surface area contributed by atoms with Crippen molar-refractivity contribution in [3.8, 4) is 5.75 Å². The van der Waals surface area contributed by atoms with Gasteiger partial charge in [-0.2, -0.15) is 0 Å². The molecule has 22 nitrogen and oxygen atoms in total. The van der Waals surface area contributed by atoms with E-state index in [9.17, 15) is 48.6 Å². The third-order valence-electron chi connectivity index (χ3n) is 10.6. The van der Waals surface area contributed by atoms with Gasteiger partial charge in [-0.1, -0.05) is 12.1 Å². The molecule has 1 aliphatic rings. The molecule has 6 unspecified atom stereocenters. The summed E-state index contributed by atoms with van der Waals surface area (Å²) in [6, 6.07) is -0.621. The Balaban J connectivity index is 2.26. The molecule has 1 aromatic rings. The molecule has 0 spiro atoms. The number of nitrogens with one attached hydrogen (secondary N) is 8. The lowest BCUT2D eigenvalue weighted by Gasteiger charge is -2.27. The summed E-state index contributed by atoms with van der Waals surface area (Å²) >= 11 is 0. The maximum atomic E-state index is 14.1. The topological polar surface area (TPSA) is 377 Å². The van der Waals surface area contributed by atoms with E-state index in [0.717, 1.165) is 6.42 Å². The summed E-state index contributed by atoms with van der Waals surface area (Å²) in [7, 11) is 0. The Kier molecular flexibility index (Phi) is 26.9. The second-order valence-corrected chi connectivity index (χ2v) is 15.9. The Morgan fingerprint density at radius 1 is 0.562 bits per heavy atom. The molecule has 2 rings (SSSR count). The number of rotatable bonds is 33. The van der Waals surface area contributed by atoms with Crippen molar-refractivity contribution in [3.05, 3.63) is 29.8 Å². The van der Waals surface area contributed by atoms with Gasteiger partial charge in [-0.25, -0.2) is 4.79 Å². The van der Waals surface area contributed by atoms with Crippen LogP contribution in [0.15, 0.2) is 24.3 Å². The Hall–Kier alpha value is -5.42. The average Bonchev–Trinajstić information content (AvgIpc) is 3.82. The maximum absolute atomic E-state index is 14.1. The van der Waals surface area contributed by atoms with Crippen molar-refractivity contribution in [2.75, 3.05) is 45.8 Å². The van der Waals surface area contributed by atoms with E-state index in [1.54, 1.807) is 12.1 Å². The summed E-state index contributed by atoms with van der Waals surface area (Å²) in [5.41, 5.74) is 23.2. The number of hydrogen-bond acceptors (Lipinski definition) is 14. The first kappa shape index (κ1) is 54.7. The highest BCUT2D eigenvalue weighted by Crippen LogP contribution is 2.14. The van der Waals surface area contributed by atoms with Gasteiger partial charge in [-0.3, -0.25) is 33.6 Å². The highest BCUT2D eigenvalue weighted by molar-refractivity contribution is 5.96. The monoisotopic (exact) mass is 905 g/mol. The highest BCUT2D eigenvalue weighted by Gasteiger charge is 2.33. The van der Waals surface area contributed by atoms with Crippen molar-refractivity contribution in [1.29, 1.82) is 0 Å². The van der Waals surface area contributed by atoms with E-state index in [4.69, 9.17) is 22.9 Å². The first-order chi connectivity index (χ1) is 30.7. The van der Waals surface area contributed by atoms with Crippen molar-refractivity contribution in [2.45, 2.75) is 133 Å². The van der Waals surface area contributed by atoms with E-state index in [-0.39, 0.29) is 56.3 Å². The smallest absolute Gasteiger partial charge is 0.326 e. The molecule has 0 aromatic heterocycles. The van der Waals surface area contributed by atoms with E-state index in [1.807, 2.05) is 0 Å². The molecule has 1 aromatic carbocycles. The first-order valence-corrected chi connectivity index (χ1v) is 22.3. The van der Waals surface area contributed by atoms with Gasteiger partial charge in [0.15, 0.2) is 0 Å². The number of nitrogens with two attached hydrogens (primary N) is 4. The summed E-state index contributed by atoms with van der Waals surface area (Å²) < 4.78 is 0. The molecular weight excluding hydrogens is 833 g/mol. The number of benzene rings is 1. The Morgan fingerprint density at radius 2 is 0.984 bits per heavy atom. The zero-order valence-electron chi connectivity index (χ0n) is 36.8. The molecule has 360 valence electrons. The Morgan fingerprint density at radius 3 is 1.44 bits per heavy atom. The van der Waals surface area contributed by atoms with Crippen molar-refractivity contribution in [3.63, 3.8) is 0 Å². The summed E-state index contributed by atoms with van der Waals surface area (Å²) in [5, 5.41) is 40.9. The maximum Gasteiger partial charge on any atom is 0.326 e. The molecule has 1 fully saturated rings. The van der Waals surface area contributed by atoms with Crippen LogP contribution in [0.2, 0.25) is 0 Å². The molecule has 18 N–H and O–H groups in total. The Labute approximate surface area is 374 Å². The number of unbranched alkanes of at least 4 members (excludes halogenated alkanes) is 4. The molecular formula is C42H72N12O10. The van der Waals surface area contributed by atoms with Crippen molar-refractivity contribution in [2.24, 2.45) is 22.9 Å². The minimum absolute atomic E-state index is 0.0287. The van der Waals surface area contributed by atoms with Gasteiger partial charge in [-0.15, -0.1) is 0 Å². The van der Waals surface area contributed by atoms with Crippen molar-refractivity contribution < 1.29 is 48.6 Å². The zero-order chi connectivity index (χ0) is 47.3. The fourth-order valence-corrected chi connectivity index (χ4v) is 6.89. The molecule has 1 saturated heterocycles. The number of phenols is 1. The molecule has 7 amide bonds. The quantitative estimate of drug-likeness (QED) is 0.0312. The van der Waals surface area contributed by atoms with Crippen LogP contribution in [-0.2, 0) is 44.8 Å². The predicted molar refractivity (Wildman–Crippen MR) is 238 cm³/mol. The average molecular weight is 905 g/mol. The van der Waals surface area contributed by atoms with Gasteiger partial charge in [0.25, 0.3) is 0 Å². The summed E-state index contributed by atoms with van der Waals surface area (Å²) in [6.07, 6.45) is 5.60. The number of phenolic OH excluding ortho intramolecular Hbond substituents is 1. The number of hydrogen-bond donors (Lipinski definition) is 14. The van der Waals surface area contributed by atoms with E-state index in [0.29, 0.717) is 96.1 Å². The van der Waals surface area contributed by atoms with Gasteiger partial charge >= 0.3 is 5.97 Å². The second kappa shape index (κ2) is 31.4. The molecule has 0 aliphatic carbocycles. The number of carboxylic acids is 1. The van der Waals surface area contributed by atoms with E-state index in [1.165, 1.54) is 12.1 Å². The summed E-state index contributed by atoms with van der Waals surface area (Å²) in [4.78, 5) is 105. The van der Waals surface area contributed by atoms with Crippen LogP contribution in [0.1, 0.15) is 95.5 Å². The fraction of sp³-hybridized carbons (Fsp3) is 0.667. The van der Waals surface area contributed by atoms with Gasteiger partial charge in [0.2, 0.25) is 41.4 Å². The SMILES string of the molecule is NCCCCC(NC(=O)C(Cc1ccc(O)cc1)NC(=O)C(CCCCN)NC(=O)C(CCCCN)NC(=O)C(CCCCN)NC(=O)CNC(=O)CNC(=O)C1CCCN1)C(=O)O. The zero-order valence-corrected chi connectivity index (χ0v) is 36.8. The summed E-state index contributed by atoms with van der Waals surface area (Å²) in [6.45, 7) is 1.13. The van der Waals surface area contributed by atoms with Crippen molar-refractivity contribution >= 4 is 47.3 Å². The molecule has 0 bridgehead atoms. The number of aliphatic carboxylic acids is 1. The molecule has 1 aliphatic heterocycles. The normalized spacial score (nSPS) is 15.7. The number of carbonyl (C=O) groups is 8. The predicted octanol–water partition coefficient (Wildman–Crippen LogP) is -3.06. The van der Waals surface area contributed by atoms with Crippen LogP contribution in [-0.4, -0.2) is 140 Å². The van der Waals surface area contributed by atoms with E-state index >= 15 is 0 Å². The van der Waals surface area contributed by atoms with Gasteiger partial charge < -0.3 is 75.7 Å². The van der Waals surface area contributed by atoms with E-state index < -0.39 is 78.2 Å². The van der Waals surface area contributed by atoms with Crippen LogP contribution in [0.4, 0.5) is 0 Å². The highest BCUT2D eigenvalue weighted by atomic mass is 16.4. The second-order valence-electron chi connectivity index (χ2n) is 15.9. The van der Waals surface area contributed by atoms with E-state index in [2.05, 4.69) is 42.5 Å². The molecule has 6 atom stereocenters. The summed E-state index contributed by atoms with van der Waals surface area (Å²) in [5.74, 6) is -5.88. The largest absolute Gasteiger partial charge is 0.508 e. The third kappa shape index (κ3) is 21.8. The lowest BCUT2D eigenvalue weighted by atomic mass is 10.0. The van der Waals surface area contributed by atoms with Crippen LogP contribution in [0.5, 0.6) is 5.75 Å².